The van der Waals surface area contributed by atoms with Crippen LogP contribution in [0.25, 0.3) is 0 Å². The summed E-state index contributed by atoms with van der Waals surface area (Å²) in [6.07, 6.45) is 6.65. The van der Waals surface area contributed by atoms with Gasteiger partial charge in [-0.05, 0) is 25.7 Å². The van der Waals surface area contributed by atoms with Crippen LogP contribution in [0.15, 0.2) is 0 Å². The van der Waals surface area contributed by atoms with Gasteiger partial charge in [0.05, 0.1) is 5.60 Å². The van der Waals surface area contributed by atoms with Gasteiger partial charge in [0.2, 0.25) is 0 Å². The van der Waals surface area contributed by atoms with E-state index in [0.717, 1.165) is 31.6 Å². The molecule has 0 rings (SSSR count). The van der Waals surface area contributed by atoms with Crippen molar-refractivity contribution < 1.29 is 5.11 Å². The average molecular weight is 186 g/mol. The highest BCUT2D eigenvalue weighted by molar-refractivity contribution is 4.72. The van der Waals surface area contributed by atoms with Crippen molar-refractivity contribution in [2.24, 2.45) is 5.92 Å². The Hall–Kier alpha value is -0.0400. The third-order valence-corrected chi connectivity index (χ3v) is 2.57. The molecule has 0 aromatic carbocycles. The first kappa shape index (κ1) is 13.0. The minimum Gasteiger partial charge on any atom is -0.390 e. The fraction of sp³-hybridized carbons (Fsp3) is 1.00. The molecule has 0 aromatic rings. The van der Waals surface area contributed by atoms with E-state index in [0.29, 0.717) is 0 Å². The van der Waals surface area contributed by atoms with Crippen LogP contribution in [0.2, 0.25) is 0 Å². The van der Waals surface area contributed by atoms with E-state index >= 15 is 0 Å². The van der Waals surface area contributed by atoms with Crippen molar-refractivity contribution in [3.8, 4) is 0 Å². The van der Waals surface area contributed by atoms with Crippen molar-refractivity contribution >= 4 is 0 Å². The minimum absolute atomic E-state index is 0.412. The lowest BCUT2D eigenvalue weighted by atomic mass is 9.91. The van der Waals surface area contributed by atoms with Gasteiger partial charge < -0.3 is 5.11 Å². The monoisotopic (exact) mass is 186 g/mol. The summed E-state index contributed by atoms with van der Waals surface area (Å²) >= 11 is 0. The van der Waals surface area contributed by atoms with Crippen molar-refractivity contribution in [3.63, 3.8) is 0 Å². The molecule has 0 aliphatic heterocycles. The molecule has 0 bridgehead atoms. The summed E-state index contributed by atoms with van der Waals surface area (Å²) in [7, 11) is 0. The maximum Gasteiger partial charge on any atom is 0.0619 e. The summed E-state index contributed by atoms with van der Waals surface area (Å²) in [5.41, 5.74) is -0.412. The highest BCUT2D eigenvalue weighted by Crippen LogP contribution is 2.21. The SMILES string of the molecule is CCCCC(C)(O)CCCC(C)C. The molecule has 1 nitrogen and oxygen atoms in total. The first-order valence-electron chi connectivity index (χ1n) is 5.70. The molecule has 1 atom stereocenters. The smallest absolute Gasteiger partial charge is 0.0619 e. The summed E-state index contributed by atoms with van der Waals surface area (Å²) in [6.45, 7) is 8.62. The van der Waals surface area contributed by atoms with E-state index in [1.807, 2.05) is 6.92 Å². The van der Waals surface area contributed by atoms with Gasteiger partial charge in [0.1, 0.15) is 0 Å². The molecule has 0 fully saturated rings. The third kappa shape index (κ3) is 8.29. The molecule has 13 heavy (non-hydrogen) atoms. The van der Waals surface area contributed by atoms with Gasteiger partial charge in [-0.25, -0.2) is 0 Å². The molecule has 1 heteroatoms. The molecule has 1 unspecified atom stereocenters. The molecule has 1 N–H and O–H groups in total. The van der Waals surface area contributed by atoms with Gasteiger partial charge in [-0.1, -0.05) is 46.5 Å². The van der Waals surface area contributed by atoms with Gasteiger partial charge in [-0.2, -0.15) is 0 Å². The number of aliphatic hydroxyl groups is 1. The second-order valence-corrected chi connectivity index (χ2v) is 4.89. The molecule has 0 aromatic heterocycles. The molecule has 0 aliphatic carbocycles. The lowest BCUT2D eigenvalue weighted by Gasteiger charge is -2.23. The predicted molar refractivity (Wildman–Crippen MR) is 58.8 cm³/mol. The number of hydrogen-bond acceptors (Lipinski definition) is 1. The van der Waals surface area contributed by atoms with Gasteiger partial charge >= 0.3 is 0 Å². The Morgan fingerprint density at radius 2 is 1.69 bits per heavy atom. The fourth-order valence-electron chi connectivity index (χ4n) is 1.57. The van der Waals surface area contributed by atoms with E-state index in [2.05, 4.69) is 20.8 Å². The van der Waals surface area contributed by atoms with Gasteiger partial charge in [0.25, 0.3) is 0 Å². The molecule has 0 spiro atoms. The van der Waals surface area contributed by atoms with Crippen molar-refractivity contribution in [2.75, 3.05) is 0 Å². The van der Waals surface area contributed by atoms with Crippen LogP contribution >= 0.6 is 0 Å². The summed E-state index contributed by atoms with van der Waals surface area (Å²) in [4.78, 5) is 0. The van der Waals surface area contributed by atoms with Crippen LogP contribution in [0, 0.1) is 5.92 Å². The zero-order valence-electron chi connectivity index (χ0n) is 9.77. The second kappa shape index (κ2) is 6.42. The van der Waals surface area contributed by atoms with Gasteiger partial charge in [-0.15, -0.1) is 0 Å². The normalized spacial score (nSPS) is 16.2. The fourth-order valence-corrected chi connectivity index (χ4v) is 1.57. The van der Waals surface area contributed by atoms with Crippen molar-refractivity contribution in [3.05, 3.63) is 0 Å². The Morgan fingerprint density at radius 1 is 1.15 bits per heavy atom. The Morgan fingerprint density at radius 3 is 2.15 bits per heavy atom. The van der Waals surface area contributed by atoms with E-state index in [1.54, 1.807) is 0 Å². The van der Waals surface area contributed by atoms with Gasteiger partial charge in [0.15, 0.2) is 0 Å². The van der Waals surface area contributed by atoms with E-state index in [9.17, 15) is 5.11 Å². The van der Waals surface area contributed by atoms with Crippen LogP contribution < -0.4 is 0 Å². The highest BCUT2D eigenvalue weighted by atomic mass is 16.3. The topological polar surface area (TPSA) is 20.2 Å². The van der Waals surface area contributed by atoms with Crippen molar-refractivity contribution in [1.29, 1.82) is 0 Å². The maximum atomic E-state index is 9.96. The Labute approximate surface area is 83.5 Å². The first-order chi connectivity index (χ1) is 5.98. The lowest BCUT2D eigenvalue weighted by Crippen LogP contribution is -2.23. The molecule has 0 radical (unpaired) electrons. The standard InChI is InChI=1S/C12H26O/c1-5-6-9-12(4,13)10-7-8-11(2)3/h11,13H,5-10H2,1-4H3. The molecular weight excluding hydrogens is 160 g/mol. The van der Waals surface area contributed by atoms with Crippen LogP contribution in [0.5, 0.6) is 0 Å². The molecular formula is C12H26O. The predicted octanol–water partition coefficient (Wildman–Crippen LogP) is 3.75. The maximum absolute atomic E-state index is 9.96. The van der Waals surface area contributed by atoms with E-state index in [1.165, 1.54) is 12.8 Å². The van der Waals surface area contributed by atoms with Crippen LogP contribution in [-0.4, -0.2) is 10.7 Å². The zero-order chi connectivity index (χ0) is 10.3. The summed E-state index contributed by atoms with van der Waals surface area (Å²) in [6, 6.07) is 0. The van der Waals surface area contributed by atoms with Gasteiger partial charge in [0, 0.05) is 0 Å². The molecule has 0 amide bonds. The van der Waals surface area contributed by atoms with Crippen LogP contribution in [0.1, 0.15) is 66.2 Å². The van der Waals surface area contributed by atoms with E-state index < -0.39 is 5.60 Å². The van der Waals surface area contributed by atoms with E-state index in [-0.39, 0.29) is 0 Å². The van der Waals surface area contributed by atoms with E-state index in [4.69, 9.17) is 0 Å². The number of rotatable bonds is 7. The first-order valence-corrected chi connectivity index (χ1v) is 5.70. The summed E-state index contributed by atoms with van der Waals surface area (Å²) in [5, 5.41) is 9.96. The average Bonchev–Trinajstić information content (AvgIpc) is 2.00. The zero-order valence-corrected chi connectivity index (χ0v) is 9.77. The molecule has 0 saturated heterocycles. The highest BCUT2D eigenvalue weighted by Gasteiger charge is 2.18. The van der Waals surface area contributed by atoms with Crippen LogP contribution in [-0.2, 0) is 0 Å². The Bertz CT molecular complexity index is 116. The largest absolute Gasteiger partial charge is 0.390 e. The summed E-state index contributed by atoms with van der Waals surface area (Å²) < 4.78 is 0. The molecule has 0 heterocycles. The minimum atomic E-state index is -0.412. The lowest BCUT2D eigenvalue weighted by molar-refractivity contribution is 0.0365. The molecule has 0 saturated carbocycles. The van der Waals surface area contributed by atoms with Crippen LogP contribution in [0.3, 0.4) is 0 Å². The summed E-state index contributed by atoms with van der Waals surface area (Å²) in [5.74, 6) is 0.766. The number of unbranched alkanes of at least 4 members (excludes halogenated alkanes) is 1. The van der Waals surface area contributed by atoms with Crippen molar-refractivity contribution in [1.82, 2.24) is 0 Å². The van der Waals surface area contributed by atoms with Gasteiger partial charge in [-0.3, -0.25) is 0 Å². The second-order valence-electron chi connectivity index (χ2n) is 4.89. The molecule has 80 valence electrons. The number of hydrogen-bond donors (Lipinski definition) is 1. The molecule has 0 aliphatic rings. The Kier molecular flexibility index (Phi) is 6.40. The van der Waals surface area contributed by atoms with Crippen molar-refractivity contribution in [2.45, 2.75) is 71.8 Å². The third-order valence-electron chi connectivity index (χ3n) is 2.57. The quantitative estimate of drug-likeness (QED) is 0.642. The van der Waals surface area contributed by atoms with Crippen LogP contribution in [0.4, 0.5) is 0 Å². The Balaban J connectivity index is 3.50.